The second-order valence-corrected chi connectivity index (χ2v) is 4.55. The van der Waals surface area contributed by atoms with Crippen molar-refractivity contribution in [2.45, 2.75) is 13.3 Å². The molecule has 0 saturated heterocycles. The Labute approximate surface area is 96.5 Å². The minimum Gasteiger partial charge on any atom is -0.493 e. The van der Waals surface area contributed by atoms with E-state index in [2.05, 4.69) is 0 Å². The smallest absolute Gasteiger partial charge is 0.222 e. The van der Waals surface area contributed by atoms with Gasteiger partial charge >= 0.3 is 0 Å². The lowest BCUT2D eigenvalue weighted by Gasteiger charge is -2.23. The number of hydrogen-bond donors (Lipinski definition) is 2. The topological polar surface area (TPSA) is 54.4 Å². The maximum atomic E-state index is 9.53. The average Bonchev–Trinajstić information content (AvgIpc) is 2.43. The lowest BCUT2D eigenvalue weighted by atomic mass is 10.5. The largest absolute Gasteiger partial charge is 0.493 e. The van der Waals surface area contributed by atoms with Crippen LogP contribution in [0.15, 0.2) is 5.38 Å². The van der Waals surface area contributed by atoms with Crippen molar-refractivity contribution in [3.8, 4) is 5.88 Å². The fourth-order valence-electron chi connectivity index (χ4n) is 1.04. The van der Waals surface area contributed by atoms with E-state index in [1.165, 1.54) is 16.0 Å². The van der Waals surface area contributed by atoms with Gasteiger partial charge in [-0.25, -0.2) is 0 Å². The van der Waals surface area contributed by atoms with E-state index in [4.69, 9.17) is 30.2 Å². The highest BCUT2D eigenvalue weighted by molar-refractivity contribution is 7.80. The molecule has 7 heteroatoms. The molecular weight excluding hydrogens is 238 g/mol. The molecule has 14 heavy (non-hydrogen) atoms. The number of nitrogens with two attached hydrogens (primary N) is 1. The molecule has 0 spiro atoms. The van der Waals surface area contributed by atoms with Gasteiger partial charge in [-0.05, 0) is 30.9 Å². The predicted molar refractivity (Wildman–Crippen MR) is 65.0 cm³/mol. The summed E-state index contributed by atoms with van der Waals surface area (Å²) in [5, 5.41) is 12.9. The highest BCUT2D eigenvalue weighted by Crippen LogP contribution is 2.17. The van der Waals surface area contributed by atoms with E-state index in [0.29, 0.717) is 10.5 Å². The molecule has 1 aromatic heterocycles. The van der Waals surface area contributed by atoms with Gasteiger partial charge in [-0.1, -0.05) is 6.92 Å². The number of hydrogen-bond acceptors (Lipinski definition) is 4. The summed E-state index contributed by atoms with van der Waals surface area (Å²) in [5.41, 5.74) is 5.54. The van der Waals surface area contributed by atoms with Crippen molar-refractivity contribution in [2.75, 3.05) is 11.6 Å². The van der Waals surface area contributed by atoms with Crippen molar-refractivity contribution in [2.24, 2.45) is 5.73 Å². The van der Waals surface area contributed by atoms with E-state index >= 15 is 0 Å². The third-order valence-corrected chi connectivity index (χ3v) is 2.96. The molecule has 0 unspecified atom stereocenters. The van der Waals surface area contributed by atoms with Crippen molar-refractivity contribution in [3.63, 3.8) is 0 Å². The number of aromatic hydroxyl groups is 1. The molecule has 1 rings (SSSR count). The fraction of sp³-hybridized carbons (Fsp3) is 0.429. The molecule has 78 valence electrons. The Morgan fingerprint density at radius 3 is 2.79 bits per heavy atom. The van der Waals surface area contributed by atoms with Crippen molar-refractivity contribution in [3.05, 3.63) is 9.33 Å². The quantitative estimate of drug-likeness (QED) is 0.797. The summed E-state index contributed by atoms with van der Waals surface area (Å²) in [4.78, 5) is 0. The van der Waals surface area contributed by atoms with Crippen molar-refractivity contribution in [1.29, 1.82) is 0 Å². The fourth-order valence-corrected chi connectivity index (χ4v) is 2.15. The number of rotatable bonds is 3. The van der Waals surface area contributed by atoms with Crippen LogP contribution in [0.1, 0.15) is 13.3 Å². The summed E-state index contributed by atoms with van der Waals surface area (Å²) in [6.07, 6.45) is 0.869. The standard InChI is InChI=1S/C7H11N3OS3/c1-2-3-9(6(8)12)10-5(11)4-14-7(10)13/h4,11H,2-3H2,1H3,(H2,8,12). The zero-order chi connectivity index (χ0) is 10.7. The van der Waals surface area contributed by atoms with Crippen LogP contribution < -0.4 is 10.7 Å². The minimum atomic E-state index is 0.0706. The molecule has 0 saturated carbocycles. The Kier molecular flexibility index (Phi) is 3.85. The van der Waals surface area contributed by atoms with E-state index in [9.17, 15) is 5.11 Å². The van der Waals surface area contributed by atoms with Crippen LogP contribution in [0.25, 0.3) is 0 Å². The van der Waals surface area contributed by atoms with Gasteiger partial charge in [0, 0.05) is 6.54 Å². The van der Waals surface area contributed by atoms with Gasteiger partial charge in [0.15, 0.2) is 9.07 Å². The average molecular weight is 249 g/mol. The Morgan fingerprint density at radius 1 is 1.79 bits per heavy atom. The zero-order valence-electron chi connectivity index (χ0n) is 7.64. The monoisotopic (exact) mass is 249 g/mol. The predicted octanol–water partition coefficient (Wildman–Crippen LogP) is 1.58. The molecule has 0 aliphatic heterocycles. The Hall–Kier alpha value is -0.660. The second kappa shape index (κ2) is 4.72. The second-order valence-electron chi connectivity index (χ2n) is 2.63. The maximum absolute atomic E-state index is 9.53. The number of nitrogens with zero attached hydrogens (tertiary/aromatic N) is 2. The lowest BCUT2D eigenvalue weighted by molar-refractivity contribution is 0.419. The third kappa shape index (κ3) is 2.23. The van der Waals surface area contributed by atoms with Gasteiger partial charge in [0.2, 0.25) is 5.88 Å². The van der Waals surface area contributed by atoms with Crippen LogP contribution in [0.4, 0.5) is 0 Å². The van der Waals surface area contributed by atoms with Crippen LogP contribution in [0.2, 0.25) is 0 Å². The Bertz CT molecular complexity index is 384. The first-order valence-corrected chi connectivity index (χ1v) is 5.74. The van der Waals surface area contributed by atoms with E-state index in [-0.39, 0.29) is 11.0 Å². The maximum Gasteiger partial charge on any atom is 0.222 e. The highest BCUT2D eigenvalue weighted by Gasteiger charge is 2.12. The summed E-state index contributed by atoms with van der Waals surface area (Å²) in [6, 6.07) is 0. The summed E-state index contributed by atoms with van der Waals surface area (Å²) in [7, 11) is 0. The summed E-state index contributed by atoms with van der Waals surface area (Å²) in [6.45, 7) is 2.63. The number of thiocarbonyl (C=S) groups is 1. The Balaban J connectivity index is 3.10. The summed E-state index contributed by atoms with van der Waals surface area (Å²) in [5.74, 6) is 0.0706. The van der Waals surface area contributed by atoms with Crippen LogP contribution >= 0.6 is 35.8 Å². The van der Waals surface area contributed by atoms with Crippen molar-refractivity contribution < 1.29 is 5.11 Å². The first-order chi connectivity index (χ1) is 6.57. The molecule has 0 aliphatic carbocycles. The molecule has 4 nitrogen and oxygen atoms in total. The lowest BCUT2D eigenvalue weighted by Crippen LogP contribution is -2.44. The first-order valence-electron chi connectivity index (χ1n) is 4.04. The molecule has 3 N–H and O–H groups in total. The van der Waals surface area contributed by atoms with E-state index in [1.807, 2.05) is 6.92 Å². The molecule has 0 aliphatic rings. The van der Waals surface area contributed by atoms with E-state index in [1.54, 1.807) is 10.4 Å². The molecule has 0 bridgehead atoms. The van der Waals surface area contributed by atoms with Crippen LogP contribution in [0.3, 0.4) is 0 Å². The van der Waals surface area contributed by atoms with Gasteiger partial charge in [-0.15, -0.1) is 11.3 Å². The molecular formula is C7H11N3OS3. The molecule has 1 heterocycles. The van der Waals surface area contributed by atoms with Gasteiger partial charge in [-0.2, -0.15) is 4.68 Å². The molecule has 0 fully saturated rings. The van der Waals surface area contributed by atoms with Crippen molar-refractivity contribution >= 4 is 40.9 Å². The van der Waals surface area contributed by atoms with Gasteiger partial charge in [-0.3, -0.25) is 5.01 Å². The molecule has 0 radical (unpaired) electrons. The van der Waals surface area contributed by atoms with Gasteiger partial charge in [0.25, 0.3) is 0 Å². The number of thiazole rings is 1. The number of aromatic nitrogens is 1. The molecule has 1 aromatic rings. The third-order valence-electron chi connectivity index (χ3n) is 1.59. The van der Waals surface area contributed by atoms with Crippen LogP contribution in [-0.4, -0.2) is 21.4 Å². The zero-order valence-corrected chi connectivity index (χ0v) is 10.1. The summed E-state index contributed by atoms with van der Waals surface area (Å²) < 4.78 is 1.98. The van der Waals surface area contributed by atoms with Gasteiger partial charge < -0.3 is 10.8 Å². The molecule has 0 amide bonds. The summed E-state index contributed by atoms with van der Waals surface area (Å²) >= 11 is 11.2. The molecule has 0 aromatic carbocycles. The molecule has 0 atom stereocenters. The van der Waals surface area contributed by atoms with Gasteiger partial charge in [0.1, 0.15) is 0 Å². The van der Waals surface area contributed by atoms with Gasteiger partial charge in [0.05, 0.1) is 5.38 Å². The highest BCUT2D eigenvalue weighted by atomic mass is 32.1. The van der Waals surface area contributed by atoms with Crippen LogP contribution in [0, 0.1) is 3.95 Å². The SMILES string of the molecule is CCCN(C(N)=S)n1c(O)csc1=S. The van der Waals surface area contributed by atoms with Crippen molar-refractivity contribution in [1.82, 2.24) is 4.68 Å². The first kappa shape index (κ1) is 11.4. The van der Waals surface area contributed by atoms with E-state index < -0.39 is 0 Å². The van der Waals surface area contributed by atoms with E-state index in [0.717, 1.165) is 6.42 Å². The normalized spacial score (nSPS) is 10.1. The van der Waals surface area contributed by atoms with Crippen LogP contribution in [-0.2, 0) is 0 Å². The van der Waals surface area contributed by atoms with Crippen LogP contribution in [0.5, 0.6) is 5.88 Å². The minimum absolute atomic E-state index is 0.0706. The Morgan fingerprint density at radius 2 is 2.43 bits per heavy atom.